The predicted octanol–water partition coefficient (Wildman–Crippen LogP) is 4.61. The van der Waals surface area contributed by atoms with Crippen molar-refractivity contribution in [2.24, 2.45) is 0 Å². The Morgan fingerprint density at radius 1 is 1.24 bits per heavy atom. The lowest BCUT2D eigenvalue weighted by Crippen LogP contribution is -2.36. The van der Waals surface area contributed by atoms with Crippen molar-refractivity contribution in [3.05, 3.63) is 64.9 Å². The Morgan fingerprint density at radius 2 is 2.00 bits per heavy atom. The van der Waals surface area contributed by atoms with Gasteiger partial charge in [-0.15, -0.1) is 0 Å². The van der Waals surface area contributed by atoms with E-state index in [-0.39, 0.29) is 5.82 Å². The van der Waals surface area contributed by atoms with Gasteiger partial charge >= 0.3 is 0 Å². The average Bonchev–Trinajstić information content (AvgIpc) is 2.61. The highest BCUT2D eigenvalue weighted by atomic mass is 35.5. The molecule has 2 aromatic rings. The van der Waals surface area contributed by atoms with Gasteiger partial charge in [-0.2, -0.15) is 0 Å². The fraction of sp³-hybridized carbons (Fsp3) is 0.300. The van der Waals surface area contributed by atoms with E-state index in [1.807, 2.05) is 12.1 Å². The van der Waals surface area contributed by atoms with Crippen LogP contribution < -0.4 is 10.2 Å². The maximum atomic E-state index is 13.4. The number of rotatable bonds is 5. The number of hydrogen-bond donors (Lipinski definition) is 1. The lowest BCUT2D eigenvalue weighted by Gasteiger charge is -2.29. The van der Waals surface area contributed by atoms with Crippen molar-refractivity contribution in [3.63, 3.8) is 0 Å². The van der Waals surface area contributed by atoms with E-state index in [1.54, 1.807) is 13.1 Å². The maximum absolute atomic E-state index is 13.4. The number of ether oxygens (including phenoxy) is 1. The van der Waals surface area contributed by atoms with Gasteiger partial charge in [0.1, 0.15) is 5.82 Å². The first kappa shape index (κ1) is 17.8. The van der Waals surface area contributed by atoms with Crippen LogP contribution in [0.15, 0.2) is 43.0 Å². The van der Waals surface area contributed by atoms with Crippen molar-refractivity contribution >= 4 is 28.5 Å². The molecule has 0 saturated carbocycles. The number of benzene rings is 2. The number of anilines is 2. The molecule has 25 heavy (non-hydrogen) atoms. The molecule has 5 heteroatoms. The third-order valence-corrected chi connectivity index (χ3v) is 4.59. The largest absolute Gasteiger partial charge is 0.388 e. The van der Waals surface area contributed by atoms with E-state index in [1.165, 1.54) is 12.1 Å². The topological polar surface area (TPSA) is 24.5 Å². The van der Waals surface area contributed by atoms with Gasteiger partial charge in [-0.1, -0.05) is 18.2 Å². The molecule has 1 fully saturated rings. The van der Waals surface area contributed by atoms with Gasteiger partial charge in [-0.05, 0) is 54.0 Å². The molecule has 2 aromatic carbocycles. The SMILES string of the molecule is C=C(Cc1cc(Cl)cc(N2CCOCC2)c1)c1ccc(F)cc1NC. The van der Waals surface area contributed by atoms with Gasteiger partial charge in [0.25, 0.3) is 0 Å². The summed E-state index contributed by atoms with van der Waals surface area (Å²) in [6.45, 7) is 7.38. The van der Waals surface area contributed by atoms with Crippen LogP contribution in [0.25, 0.3) is 5.57 Å². The zero-order chi connectivity index (χ0) is 17.8. The molecule has 1 aliphatic rings. The Bertz CT molecular complexity index is 772. The number of halogens is 2. The summed E-state index contributed by atoms with van der Waals surface area (Å²) < 4.78 is 18.8. The van der Waals surface area contributed by atoms with E-state index in [4.69, 9.17) is 16.3 Å². The summed E-state index contributed by atoms with van der Waals surface area (Å²) in [5.41, 5.74) is 4.76. The highest BCUT2D eigenvalue weighted by molar-refractivity contribution is 6.31. The fourth-order valence-electron chi connectivity index (χ4n) is 3.11. The summed E-state index contributed by atoms with van der Waals surface area (Å²) >= 11 is 6.33. The summed E-state index contributed by atoms with van der Waals surface area (Å²) in [6.07, 6.45) is 0.651. The van der Waals surface area contributed by atoms with Crippen molar-refractivity contribution in [1.82, 2.24) is 0 Å². The van der Waals surface area contributed by atoms with E-state index in [0.29, 0.717) is 11.4 Å². The summed E-state index contributed by atoms with van der Waals surface area (Å²) in [7, 11) is 1.78. The molecule has 0 aromatic heterocycles. The summed E-state index contributed by atoms with van der Waals surface area (Å²) in [4.78, 5) is 2.28. The van der Waals surface area contributed by atoms with Crippen LogP contribution >= 0.6 is 11.6 Å². The van der Waals surface area contributed by atoms with Crippen molar-refractivity contribution < 1.29 is 9.13 Å². The Morgan fingerprint density at radius 3 is 2.72 bits per heavy atom. The van der Waals surface area contributed by atoms with Crippen LogP contribution in [0, 0.1) is 5.82 Å². The maximum Gasteiger partial charge on any atom is 0.125 e. The normalized spacial score (nSPS) is 14.4. The molecule has 3 rings (SSSR count). The Labute approximate surface area is 153 Å². The molecule has 1 N–H and O–H groups in total. The molecule has 1 saturated heterocycles. The minimum Gasteiger partial charge on any atom is -0.388 e. The van der Waals surface area contributed by atoms with Crippen LogP contribution in [0.4, 0.5) is 15.8 Å². The van der Waals surface area contributed by atoms with Gasteiger partial charge in [-0.25, -0.2) is 4.39 Å². The third kappa shape index (κ3) is 4.33. The van der Waals surface area contributed by atoms with Crippen LogP contribution in [0.2, 0.25) is 5.02 Å². The highest BCUT2D eigenvalue weighted by Gasteiger charge is 2.14. The van der Waals surface area contributed by atoms with E-state index in [2.05, 4.69) is 22.9 Å². The highest BCUT2D eigenvalue weighted by Crippen LogP contribution is 2.29. The average molecular weight is 361 g/mol. The molecule has 0 aliphatic carbocycles. The molecule has 0 unspecified atom stereocenters. The van der Waals surface area contributed by atoms with Crippen molar-refractivity contribution in [2.45, 2.75) is 6.42 Å². The van der Waals surface area contributed by atoms with E-state index < -0.39 is 0 Å². The van der Waals surface area contributed by atoms with Gasteiger partial charge in [0.2, 0.25) is 0 Å². The molecule has 1 heterocycles. The summed E-state index contributed by atoms with van der Waals surface area (Å²) in [5, 5.41) is 3.74. The van der Waals surface area contributed by atoms with Crippen LogP contribution in [0.3, 0.4) is 0 Å². The van der Waals surface area contributed by atoms with Gasteiger partial charge in [0, 0.05) is 42.1 Å². The first-order valence-electron chi connectivity index (χ1n) is 8.34. The van der Waals surface area contributed by atoms with E-state index in [0.717, 1.165) is 54.4 Å². The number of hydrogen-bond acceptors (Lipinski definition) is 3. The van der Waals surface area contributed by atoms with Crippen molar-refractivity contribution in [3.8, 4) is 0 Å². The molecule has 1 aliphatic heterocycles. The van der Waals surface area contributed by atoms with E-state index in [9.17, 15) is 4.39 Å². The van der Waals surface area contributed by atoms with Crippen LogP contribution in [-0.2, 0) is 11.2 Å². The Balaban J connectivity index is 1.82. The van der Waals surface area contributed by atoms with Gasteiger partial charge in [0.05, 0.1) is 13.2 Å². The zero-order valence-corrected chi connectivity index (χ0v) is 15.1. The second-order valence-electron chi connectivity index (χ2n) is 6.14. The molecule has 132 valence electrons. The van der Waals surface area contributed by atoms with Gasteiger partial charge < -0.3 is 15.0 Å². The third-order valence-electron chi connectivity index (χ3n) is 4.37. The molecule has 0 bridgehead atoms. The molecule has 3 nitrogen and oxygen atoms in total. The van der Waals surface area contributed by atoms with Crippen LogP contribution in [0.5, 0.6) is 0 Å². The molecule has 0 spiro atoms. The smallest absolute Gasteiger partial charge is 0.125 e. The van der Waals surface area contributed by atoms with Crippen molar-refractivity contribution in [2.75, 3.05) is 43.6 Å². The number of morpholine rings is 1. The van der Waals surface area contributed by atoms with Crippen molar-refractivity contribution in [1.29, 1.82) is 0 Å². The minimum atomic E-state index is -0.266. The Hall–Kier alpha value is -2.04. The number of nitrogens with zero attached hydrogens (tertiary/aromatic N) is 1. The van der Waals surface area contributed by atoms with Gasteiger partial charge in [-0.3, -0.25) is 0 Å². The number of allylic oxidation sites excluding steroid dienone is 1. The Kier molecular flexibility index (Phi) is 5.61. The predicted molar refractivity (Wildman–Crippen MR) is 103 cm³/mol. The molecular weight excluding hydrogens is 339 g/mol. The first-order valence-corrected chi connectivity index (χ1v) is 8.72. The zero-order valence-electron chi connectivity index (χ0n) is 14.3. The summed E-state index contributed by atoms with van der Waals surface area (Å²) in [5.74, 6) is -0.266. The summed E-state index contributed by atoms with van der Waals surface area (Å²) in [6, 6.07) is 10.8. The molecule has 0 radical (unpaired) electrons. The molecule has 0 atom stereocenters. The standard InChI is InChI=1S/C20H22ClFN2O/c1-14(19-4-3-17(22)13-20(19)23-2)9-15-10-16(21)12-18(11-15)24-5-7-25-8-6-24/h3-4,10-13,23H,1,5-9H2,2H3. The van der Waals surface area contributed by atoms with Crippen LogP contribution in [0.1, 0.15) is 11.1 Å². The second kappa shape index (κ2) is 7.89. The lowest BCUT2D eigenvalue weighted by atomic mass is 9.97. The lowest BCUT2D eigenvalue weighted by molar-refractivity contribution is 0.122. The van der Waals surface area contributed by atoms with Crippen LogP contribution in [-0.4, -0.2) is 33.4 Å². The first-order chi connectivity index (χ1) is 12.1. The molecule has 0 amide bonds. The fourth-order valence-corrected chi connectivity index (χ4v) is 3.36. The monoisotopic (exact) mass is 360 g/mol. The quantitative estimate of drug-likeness (QED) is 0.842. The minimum absolute atomic E-state index is 0.266. The second-order valence-corrected chi connectivity index (χ2v) is 6.57. The number of nitrogens with one attached hydrogen (secondary N) is 1. The molecular formula is C20H22ClFN2O. The van der Waals surface area contributed by atoms with Gasteiger partial charge in [0.15, 0.2) is 0 Å². The van der Waals surface area contributed by atoms with E-state index >= 15 is 0 Å².